The van der Waals surface area contributed by atoms with Gasteiger partial charge in [-0.2, -0.15) is 15.3 Å². The number of hydrogen-bond acceptors (Lipinski definition) is 5. The molecule has 2 aromatic carbocycles. The molecule has 33 heavy (non-hydrogen) atoms. The Morgan fingerprint density at radius 2 is 1.88 bits per heavy atom. The fourth-order valence-electron chi connectivity index (χ4n) is 4.13. The minimum Gasteiger partial charge on any atom is -0.391 e. The van der Waals surface area contributed by atoms with Crippen LogP contribution in [0.2, 0.25) is 0 Å². The molecule has 1 unspecified atom stereocenters. The molecule has 0 aliphatic heterocycles. The van der Waals surface area contributed by atoms with Crippen LogP contribution in [-0.4, -0.2) is 30.4 Å². The Bertz CT molecular complexity index is 1360. The quantitative estimate of drug-likeness (QED) is 0.449. The molecule has 7 nitrogen and oxygen atoms in total. The molecular formula is C26H27N5O2. The minimum absolute atomic E-state index is 0.134. The number of aromatic nitrogens is 4. The third kappa shape index (κ3) is 4.43. The summed E-state index contributed by atoms with van der Waals surface area (Å²) in [6.07, 6.45) is 3.39. The van der Waals surface area contributed by atoms with Crippen LogP contribution in [0.25, 0.3) is 16.9 Å². The second-order valence-corrected chi connectivity index (χ2v) is 8.16. The average Bonchev–Trinajstić information content (AvgIpc) is 3.33. The molecule has 2 heterocycles. The van der Waals surface area contributed by atoms with Gasteiger partial charge < -0.3 is 5.11 Å². The number of aliphatic hydroxyl groups excluding tert-OH is 1. The molecule has 4 rings (SSSR count). The zero-order chi connectivity index (χ0) is 23.4. The highest BCUT2D eigenvalue weighted by atomic mass is 16.3. The third-order valence-corrected chi connectivity index (χ3v) is 5.92. The van der Waals surface area contributed by atoms with Gasteiger partial charge in [0.15, 0.2) is 0 Å². The van der Waals surface area contributed by atoms with Gasteiger partial charge in [0.2, 0.25) is 5.78 Å². The van der Waals surface area contributed by atoms with Gasteiger partial charge in [-0.3, -0.25) is 9.36 Å². The van der Waals surface area contributed by atoms with Crippen molar-refractivity contribution < 1.29 is 5.11 Å². The Morgan fingerprint density at radius 3 is 2.58 bits per heavy atom. The van der Waals surface area contributed by atoms with Gasteiger partial charge in [0.25, 0.3) is 5.56 Å². The van der Waals surface area contributed by atoms with E-state index in [2.05, 4.69) is 23.1 Å². The van der Waals surface area contributed by atoms with Crippen LogP contribution < -0.4 is 5.56 Å². The molecule has 0 aliphatic carbocycles. The number of hydrogen-bond donors (Lipinski definition) is 1. The molecule has 0 aliphatic rings. The van der Waals surface area contributed by atoms with Crippen molar-refractivity contribution in [2.75, 3.05) is 0 Å². The smallest absolute Gasteiger partial charge is 0.258 e. The van der Waals surface area contributed by atoms with E-state index in [1.807, 2.05) is 49.4 Å². The van der Waals surface area contributed by atoms with Crippen molar-refractivity contribution in [3.8, 4) is 17.2 Å². The fraction of sp³-hybridized carbons (Fsp3) is 0.308. The largest absolute Gasteiger partial charge is 0.391 e. The summed E-state index contributed by atoms with van der Waals surface area (Å²) in [5.41, 5.74) is 4.86. The van der Waals surface area contributed by atoms with E-state index in [1.165, 1.54) is 10.9 Å². The van der Waals surface area contributed by atoms with Gasteiger partial charge in [-0.15, -0.1) is 0 Å². The minimum atomic E-state index is -0.632. The summed E-state index contributed by atoms with van der Waals surface area (Å²) in [4.78, 5) is 17.8. The van der Waals surface area contributed by atoms with Gasteiger partial charge in [0.05, 0.1) is 30.0 Å². The number of nitriles is 1. The zero-order valence-corrected chi connectivity index (χ0v) is 18.9. The molecule has 0 bridgehead atoms. The number of aryl methyl sites for hydroxylation is 1. The second-order valence-electron chi connectivity index (χ2n) is 8.16. The molecule has 0 saturated heterocycles. The predicted molar refractivity (Wildman–Crippen MR) is 127 cm³/mol. The van der Waals surface area contributed by atoms with Crippen molar-refractivity contribution >= 4 is 5.78 Å². The lowest BCUT2D eigenvalue weighted by atomic mass is 9.97. The van der Waals surface area contributed by atoms with Crippen LogP contribution >= 0.6 is 0 Å². The fourth-order valence-corrected chi connectivity index (χ4v) is 4.13. The van der Waals surface area contributed by atoms with Crippen LogP contribution in [0.4, 0.5) is 0 Å². The Morgan fingerprint density at radius 1 is 1.12 bits per heavy atom. The maximum Gasteiger partial charge on any atom is 0.258 e. The Hall–Kier alpha value is -3.76. The van der Waals surface area contributed by atoms with Crippen LogP contribution in [0, 0.1) is 11.3 Å². The molecule has 0 amide bonds. The summed E-state index contributed by atoms with van der Waals surface area (Å²) < 4.78 is 3.27. The molecule has 168 valence electrons. The summed E-state index contributed by atoms with van der Waals surface area (Å²) in [7, 11) is 0. The number of rotatable bonds is 8. The highest BCUT2D eigenvalue weighted by Gasteiger charge is 2.20. The number of benzene rings is 2. The van der Waals surface area contributed by atoms with E-state index in [-0.39, 0.29) is 12.1 Å². The molecule has 0 spiro atoms. The van der Waals surface area contributed by atoms with Crippen LogP contribution in [0.15, 0.2) is 59.7 Å². The second kappa shape index (κ2) is 9.80. The monoisotopic (exact) mass is 441 g/mol. The molecule has 1 N–H and O–H groups in total. The topological polar surface area (TPSA) is 96.2 Å². The van der Waals surface area contributed by atoms with Crippen molar-refractivity contribution in [3.05, 3.63) is 87.6 Å². The van der Waals surface area contributed by atoms with Gasteiger partial charge in [-0.05, 0) is 35.6 Å². The number of nitrogens with zero attached hydrogens (tertiary/aromatic N) is 5. The first-order valence-corrected chi connectivity index (χ1v) is 11.3. The maximum atomic E-state index is 13.5. The van der Waals surface area contributed by atoms with Gasteiger partial charge >= 0.3 is 0 Å². The molecule has 1 atom stereocenters. The average molecular weight is 442 g/mol. The molecule has 0 fully saturated rings. The van der Waals surface area contributed by atoms with Gasteiger partial charge in [0, 0.05) is 12.0 Å². The lowest BCUT2D eigenvalue weighted by Crippen LogP contribution is -2.33. The van der Waals surface area contributed by atoms with E-state index < -0.39 is 6.10 Å². The van der Waals surface area contributed by atoms with E-state index >= 15 is 0 Å². The standard InChI is InChI=1S/C26H27N5O2/c1-3-7-24-23(25(33)30(16-21(32)4-2)26-28-17-29-31(24)26)14-18-10-12-19(13-11-18)22-9-6-5-8-20(22)15-27/h5-6,8-13,17,21,32H,3-4,7,14,16H2,1-2H3. The van der Waals surface area contributed by atoms with Crippen LogP contribution in [0.5, 0.6) is 0 Å². The van der Waals surface area contributed by atoms with Gasteiger partial charge in [0.1, 0.15) is 6.33 Å². The summed E-state index contributed by atoms with van der Waals surface area (Å²) in [5.74, 6) is 0.461. The molecule has 2 aromatic heterocycles. The summed E-state index contributed by atoms with van der Waals surface area (Å²) in [6.45, 7) is 4.14. The first-order chi connectivity index (χ1) is 16.1. The molecule has 0 saturated carbocycles. The van der Waals surface area contributed by atoms with Crippen LogP contribution in [0.1, 0.15) is 49.1 Å². The van der Waals surface area contributed by atoms with Crippen molar-refractivity contribution in [2.24, 2.45) is 0 Å². The molecule has 7 heteroatoms. The zero-order valence-electron chi connectivity index (χ0n) is 18.9. The first-order valence-electron chi connectivity index (χ1n) is 11.3. The van der Waals surface area contributed by atoms with Crippen LogP contribution in [0.3, 0.4) is 0 Å². The van der Waals surface area contributed by atoms with Gasteiger partial charge in [-0.1, -0.05) is 62.7 Å². The van der Waals surface area contributed by atoms with E-state index in [1.54, 1.807) is 10.6 Å². The maximum absolute atomic E-state index is 13.5. The Balaban J connectivity index is 1.76. The van der Waals surface area contributed by atoms with Crippen molar-refractivity contribution in [1.82, 2.24) is 19.2 Å². The van der Waals surface area contributed by atoms with Crippen LogP contribution in [-0.2, 0) is 19.4 Å². The molecule has 0 radical (unpaired) electrons. The van der Waals surface area contributed by atoms with E-state index in [0.29, 0.717) is 36.2 Å². The van der Waals surface area contributed by atoms with E-state index in [4.69, 9.17) is 0 Å². The third-order valence-electron chi connectivity index (χ3n) is 5.92. The highest BCUT2D eigenvalue weighted by Crippen LogP contribution is 2.24. The van der Waals surface area contributed by atoms with Crippen molar-refractivity contribution in [1.29, 1.82) is 5.26 Å². The Labute approximate surface area is 192 Å². The van der Waals surface area contributed by atoms with E-state index in [0.717, 1.165) is 28.8 Å². The highest BCUT2D eigenvalue weighted by molar-refractivity contribution is 5.70. The lowest BCUT2D eigenvalue weighted by molar-refractivity contribution is 0.149. The van der Waals surface area contributed by atoms with Crippen molar-refractivity contribution in [2.45, 2.75) is 52.2 Å². The normalized spacial score (nSPS) is 12.1. The van der Waals surface area contributed by atoms with Gasteiger partial charge in [-0.25, -0.2) is 4.52 Å². The summed E-state index contributed by atoms with van der Waals surface area (Å²) in [5, 5.41) is 24.0. The number of fused-ring (bicyclic) bond motifs is 1. The number of aliphatic hydroxyl groups is 1. The lowest BCUT2D eigenvalue weighted by Gasteiger charge is -2.17. The molecule has 4 aromatic rings. The first kappa shape index (κ1) is 22.4. The van der Waals surface area contributed by atoms with Crippen molar-refractivity contribution in [3.63, 3.8) is 0 Å². The predicted octanol–water partition coefficient (Wildman–Crippen LogP) is 3.74. The summed E-state index contributed by atoms with van der Waals surface area (Å²) >= 11 is 0. The molecular weight excluding hydrogens is 414 g/mol. The van der Waals surface area contributed by atoms with E-state index in [9.17, 15) is 15.2 Å². The summed E-state index contributed by atoms with van der Waals surface area (Å²) in [6, 6.07) is 17.7. The SMILES string of the molecule is CCCc1c(Cc2ccc(-c3ccccc3C#N)cc2)c(=O)n(CC(O)CC)c2ncnn12. The Kier molecular flexibility index (Phi) is 6.66.